The Hall–Kier alpha value is -13.5. The van der Waals surface area contributed by atoms with Gasteiger partial charge in [-0.3, -0.25) is 47.9 Å². The van der Waals surface area contributed by atoms with Crippen molar-refractivity contribution >= 4 is 102 Å². The molecule has 0 saturated carbocycles. The number of rotatable bonds is 55. The van der Waals surface area contributed by atoms with Gasteiger partial charge >= 0.3 is 95.8 Å². The zero-order chi connectivity index (χ0) is 112. The highest BCUT2D eigenvalue weighted by atomic mass is 16.6. The van der Waals surface area contributed by atoms with Gasteiger partial charge in [-0.15, -0.1) is 0 Å². The number of benzene rings is 1. The number of carbonyl (C=O) groups excluding carboxylic acids is 16. The molecule has 0 fully saturated rings. The number of carbonyl (C=O) groups is 16. The fourth-order valence-corrected chi connectivity index (χ4v) is 7.21. The lowest BCUT2D eigenvalue weighted by Gasteiger charge is -2.20. The van der Waals surface area contributed by atoms with Crippen molar-refractivity contribution in [3.8, 4) is 30.3 Å². The van der Waals surface area contributed by atoms with Gasteiger partial charge in [-0.25, -0.2) is 28.8 Å². The summed E-state index contributed by atoms with van der Waals surface area (Å²) in [5.41, 5.74) is 1.73. The largest absolute Gasteiger partial charge is 0.464 e. The van der Waals surface area contributed by atoms with E-state index in [-0.39, 0.29) is 251 Å². The van der Waals surface area contributed by atoms with Crippen LogP contribution in [-0.4, -0.2) is 208 Å². The van der Waals surface area contributed by atoms with Crippen molar-refractivity contribution in [1.82, 2.24) is 10.6 Å². The van der Waals surface area contributed by atoms with Gasteiger partial charge < -0.3 is 86.4 Å². The Morgan fingerprint density at radius 3 is 0.762 bits per heavy atom. The van der Waals surface area contributed by atoms with Gasteiger partial charge in [-0.05, 0) is 117 Å². The van der Waals surface area contributed by atoms with E-state index in [1.807, 2.05) is 172 Å². The first kappa shape index (κ1) is 147. The number of ether oxygens (including phenoxy) is 16. The van der Waals surface area contributed by atoms with Crippen LogP contribution in [0.3, 0.4) is 0 Å². The molecule has 0 aromatic heterocycles. The van der Waals surface area contributed by atoms with E-state index < -0.39 is 46.9 Å². The van der Waals surface area contributed by atoms with E-state index in [1.165, 1.54) is 6.92 Å². The average Bonchev–Trinajstić information content (AvgIpc) is 0.896. The smallest absolute Gasteiger partial charge is 0.407 e. The maximum absolute atomic E-state index is 11.6. The van der Waals surface area contributed by atoms with Gasteiger partial charge in [0.1, 0.15) is 106 Å². The van der Waals surface area contributed by atoms with Crippen LogP contribution >= 0.6 is 0 Å². The fourth-order valence-electron chi connectivity index (χ4n) is 7.21. The highest BCUT2D eigenvalue weighted by molar-refractivity contribution is 5.87. The Labute approximate surface area is 848 Å². The van der Waals surface area contributed by atoms with Crippen LogP contribution in [0.2, 0.25) is 0 Å². The summed E-state index contributed by atoms with van der Waals surface area (Å²) in [6.07, 6.45) is 11.5. The van der Waals surface area contributed by atoms with Crippen molar-refractivity contribution in [3.05, 3.63) is 91.6 Å². The molecular formula is C104H165N7O32. The Bertz CT molecular complexity index is 3920. The van der Waals surface area contributed by atoms with Gasteiger partial charge in [0.05, 0.1) is 134 Å². The van der Waals surface area contributed by atoms with Gasteiger partial charge in [0.2, 0.25) is 0 Å². The number of esters is 14. The molecule has 808 valence electrons. The quantitative estimate of drug-likeness (QED) is 0.0265. The van der Waals surface area contributed by atoms with Crippen LogP contribution in [0.1, 0.15) is 274 Å². The van der Waals surface area contributed by atoms with E-state index in [4.69, 9.17) is 92.6 Å². The van der Waals surface area contributed by atoms with Crippen molar-refractivity contribution in [2.45, 2.75) is 269 Å². The van der Waals surface area contributed by atoms with E-state index in [9.17, 15) is 76.7 Å². The lowest BCUT2D eigenvalue weighted by atomic mass is 9.91. The molecule has 0 aliphatic carbocycles. The van der Waals surface area contributed by atoms with Gasteiger partial charge in [0.25, 0.3) is 0 Å². The minimum atomic E-state index is -0.671. The Balaban J connectivity index is -0.000000201. The second-order valence-corrected chi connectivity index (χ2v) is 32.2. The summed E-state index contributed by atoms with van der Waals surface area (Å²) in [4.78, 5) is 177. The van der Waals surface area contributed by atoms with Gasteiger partial charge in [0.15, 0.2) is 0 Å². The topological polar surface area (TPSA) is 564 Å². The van der Waals surface area contributed by atoms with E-state index in [2.05, 4.69) is 53.0 Å². The normalized spacial score (nSPS) is 11.3. The molecule has 1 rings (SSSR count). The molecule has 0 aliphatic rings. The molecule has 1 aromatic carbocycles. The molecule has 0 heterocycles. The molecule has 0 bridgehead atoms. The van der Waals surface area contributed by atoms with Crippen molar-refractivity contribution in [1.29, 1.82) is 26.3 Å². The molecule has 39 nitrogen and oxygen atoms in total. The summed E-state index contributed by atoms with van der Waals surface area (Å²) in [5.74, 6) is -4.97. The third-order valence-electron chi connectivity index (χ3n) is 19.4. The van der Waals surface area contributed by atoms with Crippen molar-refractivity contribution in [3.63, 3.8) is 0 Å². The van der Waals surface area contributed by atoms with Crippen LogP contribution < -0.4 is 10.6 Å². The zero-order valence-electron chi connectivity index (χ0n) is 89.3. The minimum absolute atomic E-state index is 0.00112. The number of nitrogens with one attached hydrogen (secondary N) is 2. The fraction of sp³-hybridized carbons (Fsp3) is 0.644. The Morgan fingerprint density at radius 2 is 0.517 bits per heavy atom. The molecule has 39 heteroatoms. The van der Waals surface area contributed by atoms with Crippen LogP contribution in [-0.2, 0) is 150 Å². The predicted octanol–water partition coefficient (Wildman–Crippen LogP) is 17.1. The van der Waals surface area contributed by atoms with E-state index in [1.54, 1.807) is 47.6 Å². The third-order valence-corrected chi connectivity index (χ3v) is 19.4. The Kier molecular flexibility index (Phi) is 102. The number of hydrogen-bond donors (Lipinski definition) is 2. The van der Waals surface area contributed by atoms with Crippen LogP contribution in [0.25, 0.3) is 6.08 Å². The number of hydrogen-bond acceptors (Lipinski definition) is 37. The molecule has 0 saturated heterocycles. The SMILES string of the molecule is C=C(C)C(=O)OCCNC(=O)OCCOC(=O)C(C)CC.C=C(C)C(=O)OCCOC(=O)C(C)CC.C=CC(=O)OCCNC(=O)OCCOC(=O)C(C)(C)CC.C=CC(=O)OCCOC(=O)C(C)CC.C=Cc1ccc(COC(=O)C(C)CC)cc1.CCC(C)(C)C(=O)OCCC#N.CCC(C)C(=O)OCCC#N.CCC(C)C(=O)OCCC#N.CCC(C)C(=O)OCCC#N.CCC(C)C(=O)OCCC#N. The van der Waals surface area contributed by atoms with Crippen LogP contribution in [0.15, 0.2) is 80.5 Å². The van der Waals surface area contributed by atoms with Gasteiger partial charge in [0, 0.05) is 23.3 Å². The maximum Gasteiger partial charge on any atom is 0.407 e. The average molecular weight is 2030 g/mol. The number of alkyl carbamates (subject to hydrolysis) is 2. The molecule has 8 atom stereocenters. The van der Waals surface area contributed by atoms with Gasteiger partial charge in [-0.2, -0.15) is 26.3 Å². The molecule has 0 radical (unpaired) electrons. The monoisotopic (exact) mass is 2020 g/mol. The molecule has 8 unspecified atom stereocenters. The van der Waals surface area contributed by atoms with E-state index >= 15 is 0 Å². The lowest BCUT2D eigenvalue weighted by molar-refractivity contribution is -0.155. The van der Waals surface area contributed by atoms with Crippen molar-refractivity contribution < 1.29 is 153 Å². The first-order chi connectivity index (χ1) is 67.4. The standard InChI is InChI=1S/2C14H23NO6.C14H18O2.C11H18O4.C10H16O4.C9H15NO2.4C8H13NO2/c1-5-11(4)13(17)20-8-9-21-14(18)15-6-7-19-12(16)10(2)3;1-5-11(16)19-8-7-15-13(18)21-10-9-20-12(17)14(3,4)6-2;1-4-11(3)14(15)16-10-13-8-6-12(5-2)7-9-13;1-5-9(4)11(13)15-7-6-14-10(12)8(2)3;1-4-8(3)10(12)14-7-6-13-9(11)5-2;1-4-9(2,3)8(11)12-7-5-6-10;4*1-3-7(2)8(10)11-6-4-5-9/h11H,2,5-9H2,1,3-4H3,(H,15,18);5H,1,6-10H2,2-4H3,(H,15,18);5-9,11H,2,4,10H2,1,3H3;9H,2,5-7H2,1,3-4H3;5,8H,2,4,6-7H2,1,3H3;4-5,7H2,1-3H3;4*7H,3-4,6H2,1-2H3. The van der Waals surface area contributed by atoms with Gasteiger partial charge in [-0.1, -0.05) is 188 Å². The van der Waals surface area contributed by atoms with Crippen LogP contribution in [0.4, 0.5) is 9.59 Å². The second-order valence-electron chi connectivity index (χ2n) is 32.2. The van der Waals surface area contributed by atoms with E-state index in [0.717, 1.165) is 74.6 Å². The molecular weight excluding hydrogens is 1860 g/mol. The van der Waals surface area contributed by atoms with E-state index in [0.29, 0.717) is 30.6 Å². The molecule has 2 N–H and O–H groups in total. The summed E-state index contributed by atoms with van der Waals surface area (Å²) in [7, 11) is 0. The Morgan fingerprint density at radius 1 is 0.308 bits per heavy atom. The van der Waals surface area contributed by atoms with Crippen molar-refractivity contribution in [2.75, 3.05) is 112 Å². The first-order valence-corrected chi connectivity index (χ1v) is 47.7. The molecule has 0 aliphatic heterocycles. The molecule has 1 aromatic rings. The first-order valence-electron chi connectivity index (χ1n) is 47.7. The number of nitrogens with zero attached hydrogens (tertiary/aromatic N) is 5. The summed E-state index contributed by atoms with van der Waals surface area (Å²) in [6, 6.07) is 17.3. The summed E-state index contributed by atoms with van der Waals surface area (Å²) in [6.45, 7) is 63.1. The lowest BCUT2D eigenvalue weighted by Crippen LogP contribution is -2.31. The third kappa shape index (κ3) is 93.2. The second kappa shape index (κ2) is 98.7. The van der Waals surface area contributed by atoms with Crippen molar-refractivity contribution in [2.24, 2.45) is 58.2 Å². The summed E-state index contributed by atoms with van der Waals surface area (Å²) >= 11 is 0. The maximum atomic E-state index is 11.6. The highest BCUT2D eigenvalue weighted by Gasteiger charge is 2.29. The molecule has 0 spiro atoms. The number of nitriles is 5. The predicted molar refractivity (Wildman–Crippen MR) is 532 cm³/mol. The zero-order valence-corrected chi connectivity index (χ0v) is 89.3. The summed E-state index contributed by atoms with van der Waals surface area (Å²) < 4.78 is 77.1. The summed E-state index contributed by atoms with van der Waals surface area (Å²) in [5, 5.41) is 45.5. The highest BCUT2D eigenvalue weighted by Crippen LogP contribution is 2.23. The van der Waals surface area contributed by atoms with Crippen LogP contribution in [0, 0.1) is 115 Å². The number of amides is 2. The minimum Gasteiger partial charge on any atom is -0.464 e. The molecule has 143 heavy (non-hydrogen) atoms. The van der Waals surface area contributed by atoms with Crippen LogP contribution in [0.5, 0.6) is 0 Å². The molecule has 2 amide bonds.